The summed E-state index contributed by atoms with van der Waals surface area (Å²) in [4.78, 5) is 3.87. The molecule has 0 atom stereocenters. The van der Waals surface area contributed by atoms with E-state index in [-0.39, 0.29) is 5.82 Å². The van der Waals surface area contributed by atoms with Crippen molar-refractivity contribution in [2.24, 2.45) is 0 Å². The molecule has 0 saturated carbocycles. The normalized spacial score (nSPS) is 11.0. The standard InChI is InChI=1S/C15H21FN4O/c1-11-15(9-17-4-5-21-3)12(2)20(19-11)10-13-6-14(16)8-18-7-13/h6-8,17H,4-5,9-10H2,1-3H3. The van der Waals surface area contributed by atoms with Crippen LogP contribution in [0, 0.1) is 19.7 Å². The summed E-state index contributed by atoms with van der Waals surface area (Å²) in [6, 6.07) is 1.49. The summed E-state index contributed by atoms with van der Waals surface area (Å²) >= 11 is 0. The minimum absolute atomic E-state index is 0.324. The van der Waals surface area contributed by atoms with Crippen molar-refractivity contribution in [2.75, 3.05) is 20.3 Å². The van der Waals surface area contributed by atoms with Gasteiger partial charge >= 0.3 is 0 Å². The fourth-order valence-electron chi connectivity index (χ4n) is 2.25. The Kier molecular flexibility index (Phi) is 5.41. The van der Waals surface area contributed by atoms with Crippen molar-refractivity contribution < 1.29 is 9.13 Å². The van der Waals surface area contributed by atoms with Crippen LogP contribution in [0.5, 0.6) is 0 Å². The molecule has 114 valence electrons. The van der Waals surface area contributed by atoms with Crippen molar-refractivity contribution in [1.29, 1.82) is 0 Å². The van der Waals surface area contributed by atoms with Gasteiger partial charge in [-0.15, -0.1) is 0 Å². The number of rotatable bonds is 7. The molecule has 0 saturated heterocycles. The number of methoxy groups -OCH3 is 1. The highest BCUT2D eigenvalue weighted by atomic mass is 19.1. The Hall–Kier alpha value is -1.79. The molecule has 21 heavy (non-hydrogen) atoms. The number of aryl methyl sites for hydroxylation is 1. The Morgan fingerprint density at radius 1 is 1.33 bits per heavy atom. The highest BCUT2D eigenvalue weighted by Crippen LogP contribution is 2.14. The second-order valence-electron chi connectivity index (χ2n) is 4.99. The van der Waals surface area contributed by atoms with Crippen LogP contribution in [-0.4, -0.2) is 35.0 Å². The monoisotopic (exact) mass is 292 g/mol. The molecule has 0 aliphatic heterocycles. The number of ether oxygens (including phenoxy) is 1. The Labute approximate surface area is 124 Å². The molecule has 2 rings (SSSR count). The maximum atomic E-state index is 13.2. The van der Waals surface area contributed by atoms with Gasteiger partial charge in [-0.3, -0.25) is 9.67 Å². The Morgan fingerprint density at radius 3 is 2.86 bits per heavy atom. The van der Waals surface area contributed by atoms with Gasteiger partial charge in [-0.2, -0.15) is 5.10 Å². The summed E-state index contributed by atoms with van der Waals surface area (Å²) in [6.45, 7) is 6.77. The van der Waals surface area contributed by atoms with Crippen molar-refractivity contribution in [3.05, 3.63) is 46.8 Å². The molecule has 2 heterocycles. The van der Waals surface area contributed by atoms with Crippen molar-refractivity contribution >= 4 is 0 Å². The largest absolute Gasteiger partial charge is 0.383 e. The lowest BCUT2D eigenvalue weighted by molar-refractivity contribution is 0.199. The highest BCUT2D eigenvalue weighted by Gasteiger charge is 2.11. The minimum Gasteiger partial charge on any atom is -0.383 e. The Balaban J connectivity index is 2.07. The molecule has 0 unspecified atom stereocenters. The molecule has 0 aromatic carbocycles. The average molecular weight is 292 g/mol. The molecule has 0 fully saturated rings. The van der Waals surface area contributed by atoms with Crippen molar-refractivity contribution in [3.63, 3.8) is 0 Å². The number of hydrogen-bond donors (Lipinski definition) is 1. The van der Waals surface area contributed by atoms with Gasteiger partial charge in [0.2, 0.25) is 0 Å². The number of nitrogens with zero attached hydrogens (tertiary/aromatic N) is 3. The third-order valence-corrected chi connectivity index (χ3v) is 3.41. The van der Waals surface area contributed by atoms with Crippen molar-refractivity contribution in [3.8, 4) is 0 Å². The third-order valence-electron chi connectivity index (χ3n) is 3.41. The van der Waals surface area contributed by atoms with Crippen LogP contribution in [0.1, 0.15) is 22.5 Å². The molecule has 0 aliphatic carbocycles. The van der Waals surface area contributed by atoms with Crippen LogP contribution in [0.15, 0.2) is 18.5 Å². The van der Waals surface area contributed by atoms with Gasteiger partial charge in [0.05, 0.1) is 25.0 Å². The lowest BCUT2D eigenvalue weighted by Gasteiger charge is -2.07. The molecular weight excluding hydrogens is 271 g/mol. The lowest BCUT2D eigenvalue weighted by Crippen LogP contribution is -2.19. The van der Waals surface area contributed by atoms with Gasteiger partial charge < -0.3 is 10.1 Å². The van der Waals surface area contributed by atoms with Gasteiger partial charge in [-0.05, 0) is 25.5 Å². The first-order valence-corrected chi connectivity index (χ1v) is 6.93. The molecule has 0 radical (unpaired) electrons. The van der Waals surface area contributed by atoms with Gasteiger partial charge in [-0.25, -0.2) is 4.39 Å². The predicted molar refractivity (Wildman–Crippen MR) is 78.6 cm³/mol. The van der Waals surface area contributed by atoms with E-state index in [9.17, 15) is 4.39 Å². The first kappa shape index (κ1) is 15.6. The second kappa shape index (κ2) is 7.28. The molecule has 6 heteroatoms. The van der Waals surface area contributed by atoms with Gasteiger partial charge in [0.25, 0.3) is 0 Å². The SMILES string of the molecule is COCCNCc1c(C)nn(Cc2cncc(F)c2)c1C. The Bertz CT molecular complexity index is 597. The fourth-order valence-corrected chi connectivity index (χ4v) is 2.25. The van der Waals surface area contributed by atoms with E-state index in [1.165, 1.54) is 17.8 Å². The predicted octanol–water partition coefficient (Wildman–Crippen LogP) is 1.82. The zero-order chi connectivity index (χ0) is 15.2. The first-order valence-electron chi connectivity index (χ1n) is 6.93. The van der Waals surface area contributed by atoms with E-state index in [1.54, 1.807) is 13.3 Å². The molecule has 0 amide bonds. The average Bonchev–Trinajstić information content (AvgIpc) is 2.70. The summed E-state index contributed by atoms with van der Waals surface area (Å²) in [6.07, 6.45) is 2.87. The molecule has 0 bridgehead atoms. The second-order valence-corrected chi connectivity index (χ2v) is 4.99. The van der Waals surface area contributed by atoms with E-state index in [2.05, 4.69) is 15.4 Å². The van der Waals surface area contributed by atoms with Crippen molar-refractivity contribution in [1.82, 2.24) is 20.1 Å². The fraction of sp³-hybridized carbons (Fsp3) is 0.467. The van der Waals surface area contributed by atoms with E-state index in [1.807, 2.05) is 18.5 Å². The van der Waals surface area contributed by atoms with Crippen LogP contribution >= 0.6 is 0 Å². The van der Waals surface area contributed by atoms with E-state index in [0.717, 1.165) is 30.0 Å². The smallest absolute Gasteiger partial charge is 0.141 e. The van der Waals surface area contributed by atoms with Crippen LogP contribution in [0.2, 0.25) is 0 Å². The topological polar surface area (TPSA) is 52.0 Å². The van der Waals surface area contributed by atoms with Gasteiger partial charge in [-0.1, -0.05) is 0 Å². The number of halogens is 1. The Morgan fingerprint density at radius 2 is 2.14 bits per heavy atom. The summed E-state index contributed by atoms with van der Waals surface area (Å²) in [7, 11) is 1.68. The molecule has 0 spiro atoms. The molecular formula is C15H21FN4O. The van der Waals surface area contributed by atoms with Gasteiger partial charge in [0.15, 0.2) is 0 Å². The van der Waals surface area contributed by atoms with Gasteiger partial charge in [0.1, 0.15) is 5.82 Å². The lowest BCUT2D eigenvalue weighted by atomic mass is 10.2. The molecule has 0 aliphatic rings. The summed E-state index contributed by atoms with van der Waals surface area (Å²) in [5.41, 5.74) is 4.05. The molecule has 2 aromatic heterocycles. The van der Waals surface area contributed by atoms with E-state index in [4.69, 9.17) is 4.74 Å². The van der Waals surface area contributed by atoms with Crippen molar-refractivity contribution in [2.45, 2.75) is 26.9 Å². The number of nitrogens with one attached hydrogen (secondary N) is 1. The maximum Gasteiger partial charge on any atom is 0.141 e. The summed E-state index contributed by atoms with van der Waals surface area (Å²) in [5, 5.41) is 7.85. The summed E-state index contributed by atoms with van der Waals surface area (Å²) in [5.74, 6) is -0.324. The third kappa shape index (κ3) is 4.09. The van der Waals surface area contributed by atoms with Gasteiger partial charge in [0, 0.05) is 37.7 Å². The van der Waals surface area contributed by atoms with Crippen LogP contribution < -0.4 is 5.32 Å². The van der Waals surface area contributed by atoms with E-state index >= 15 is 0 Å². The van der Waals surface area contributed by atoms with Crippen LogP contribution in [0.3, 0.4) is 0 Å². The highest BCUT2D eigenvalue weighted by molar-refractivity contribution is 5.25. The maximum absolute atomic E-state index is 13.2. The van der Waals surface area contributed by atoms with Crippen LogP contribution in [0.25, 0.3) is 0 Å². The zero-order valence-corrected chi connectivity index (χ0v) is 12.7. The van der Waals surface area contributed by atoms with Crippen LogP contribution in [-0.2, 0) is 17.8 Å². The first-order chi connectivity index (χ1) is 10.1. The molecule has 2 aromatic rings. The van der Waals surface area contributed by atoms with E-state index < -0.39 is 0 Å². The van der Waals surface area contributed by atoms with Crippen LogP contribution in [0.4, 0.5) is 4.39 Å². The number of pyridine rings is 1. The minimum atomic E-state index is -0.324. The number of aromatic nitrogens is 3. The molecule has 5 nitrogen and oxygen atoms in total. The quantitative estimate of drug-likeness (QED) is 0.791. The molecule has 1 N–H and O–H groups in total. The summed E-state index contributed by atoms with van der Waals surface area (Å²) < 4.78 is 20.1. The zero-order valence-electron chi connectivity index (χ0n) is 12.7. The number of hydrogen-bond acceptors (Lipinski definition) is 4. The van der Waals surface area contributed by atoms with E-state index in [0.29, 0.717) is 13.2 Å².